The molecule has 7 N–H and O–H groups in total. The topological polar surface area (TPSA) is 230 Å². The number of carbonyl (C=O) groups is 3. The van der Waals surface area contributed by atoms with E-state index in [-0.39, 0.29) is 22.6 Å². The zero-order valence-corrected chi connectivity index (χ0v) is 21.2. The fourth-order valence-corrected chi connectivity index (χ4v) is 4.25. The van der Waals surface area contributed by atoms with Crippen molar-refractivity contribution in [1.29, 1.82) is 0 Å². The minimum atomic E-state index is -3.01. The van der Waals surface area contributed by atoms with Gasteiger partial charge in [-0.1, -0.05) is 18.2 Å². The highest BCUT2D eigenvalue weighted by Crippen LogP contribution is 2.32. The van der Waals surface area contributed by atoms with Crippen LogP contribution in [-0.2, 0) is 30.4 Å². The molecule has 0 spiro atoms. The molecule has 1 aliphatic carbocycles. The van der Waals surface area contributed by atoms with Crippen LogP contribution in [0.2, 0.25) is 0 Å². The van der Waals surface area contributed by atoms with Crippen LogP contribution in [-0.4, -0.2) is 109 Å². The molecule has 8 unspecified atom stereocenters. The Balaban J connectivity index is 1.57. The van der Waals surface area contributed by atoms with Crippen LogP contribution in [0, 0.1) is 0 Å². The number of hydrogen-bond donors (Lipinski definition) is 7. The Hall–Kier alpha value is -3.89. The molecule has 1 saturated heterocycles. The Kier molecular flexibility index (Phi) is 9.04. The van der Waals surface area contributed by atoms with Gasteiger partial charge in [-0.25, -0.2) is 9.59 Å². The predicted molar refractivity (Wildman–Crippen MR) is 133 cm³/mol. The minimum absolute atomic E-state index is 0.0681. The van der Waals surface area contributed by atoms with Gasteiger partial charge in [0.15, 0.2) is 18.0 Å². The summed E-state index contributed by atoms with van der Waals surface area (Å²) >= 11 is 0. The second-order valence-electron chi connectivity index (χ2n) is 9.36. The first-order valence-corrected chi connectivity index (χ1v) is 12.3. The van der Waals surface area contributed by atoms with Crippen molar-refractivity contribution in [3.63, 3.8) is 0 Å². The Morgan fingerprint density at radius 2 is 1.71 bits per heavy atom. The molecule has 0 radical (unpaired) electrons. The standard InChI is InChI=1S/C27H28O14/c28-11-18-20(32)21(33)22(41-24(35)13-4-2-1-3-5-13)25(40-18)39-17-8-6-15(29)10-14(17)12-38-26(36)27(37)19(31)9-7-16(30)23(27)34/h1-10,18-23,25,28-29,31-34,37H,11-12H2. The summed E-state index contributed by atoms with van der Waals surface area (Å²) in [5, 5.41) is 71.3. The minimum Gasteiger partial charge on any atom is -0.508 e. The summed E-state index contributed by atoms with van der Waals surface area (Å²) in [6.07, 6.45) is -10.7. The summed E-state index contributed by atoms with van der Waals surface area (Å²) in [6, 6.07) is 11.2. The molecule has 4 rings (SSSR count). The van der Waals surface area contributed by atoms with Crippen LogP contribution in [0.1, 0.15) is 15.9 Å². The summed E-state index contributed by atoms with van der Waals surface area (Å²) in [5.74, 6) is -3.97. The molecule has 8 atom stereocenters. The highest BCUT2D eigenvalue weighted by Gasteiger charge is 2.55. The fourth-order valence-electron chi connectivity index (χ4n) is 4.25. The number of phenols is 1. The van der Waals surface area contributed by atoms with Gasteiger partial charge in [0, 0.05) is 5.56 Å². The third-order valence-corrected chi connectivity index (χ3v) is 6.63. The van der Waals surface area contributed by atoms with Gasteiger partial charge in [0.2, 0.25) is 11.9 Å². The number of esters is 2. The highest BCUT2D eigenvalue weighted by molar-refractivity contribution is 6.01. The van der Waals surface area contributed by atoms with E-state index in [1.807, 2.05) is 0 Å². The van der Waals surface area contributed by atoms with Crippen LogP contribution in [0.4, 0.5) is 0 Å². The number of rotatable bonds is 8. The number of phenolic OH excluding ortho intramolecular Hbond substituents is 1. The molecule has 2 aromatic rings. The molecule has 2 aliphatic rings. The van der Waals surface area contributed by atoms with Crippen molar-refractivity contribution in [1.82, 2.24) is 0 Å². The molecule has 1 fully saturated rings. The lowest BCUT2D eigenvalue weighted by atomic mass is 9.83. The third-order valence-electron chi connectivity index (χ3n) is 6.63. The molecule has 41 heavy (non-hydrogen) atoms. The zero-order valence-electron chi connectivity index (χ0n) is 21.2. The molecule has 0 aromatic heterocycles. The third kappa shape index (κ3) is 6.08. The second-order valence-corrected chi connectivity index (χ2v) is 9.36. The lowest BCUT2D eigenvalue weighted by Gasteiger charge is -2.41. The number of carbonyl (C=O) groups excluding carboxylic acids is 3. The maximum atomic E-state index is 12.7. The Morgan fingerprint density at radius 3 is 2.39 bits per heavy atom. The molecule has 14 nitrogen and oxygen atoms in total. The molecule has 14 heteroatoms. The quantitative estimate of drug-likeness (QED) is 0.170. The second kappa shape index (κ2) is 12.3. The maximum Gasteiger partial charge on any atom is 0.344 e. The fraction of sp³-hybridized carbons (Fsp3) is 0.370. The predicted octanol–water partition coefficient (Wildman–Crippen LogP) is -1.93. The van der Waals surface area contributed by atoms with E-state index < -0.39 is 79.5 Å². The average Bonchev–Trinajstić information content (AvgIpc) is 2.97. The van der Waals surface area contributed by atoms with Crippen molar-refractivity contribution in [3.8, 4) is 11.5 Å². The zero-order chi connectivity index (χ0) is 29.9. The first kappa shape index (κ1) is 30.1. The van der Waals surface area contributed by atoms with Crippen LogP contribution >= 0.6 is 0 Å². The van der Waals surface area contributed by atoms with Crippen LogP contribution < -0.4 is 4.74 Å². The summed E-state index contributed by atoms with van der Waals surface area (Å²) in [6.45, 7) is -1.48. The summed E-state index contributed by atoms with van der Waals surface area (Å²) in [5.41, 5.74) is -2.96. The Morgan fingerprint density at radius 1 is 1.00 bits per heavy atom. The van der Waals surface area contributed by atoms with Crippen molar-refractivity contribution in [2.75, 3.05) is 6.61 Å². The van der Waals surface area contributed by atoms with E-state index in [9.17, 15) is 50.1 Å². The van der Waals surface area contributed by atoms with Gasteiger partial charge in [0.05, 0.1) is 12.2 Å². The van der Waals surface area contributed by atoms with E-state index in [2.05, 4.69) is 0 Å². The Labute approximate surface area is 232 Å². The number of aliphatic hydroxyl groups excluding tert-OH is 5. The van der Waals surface area contributed by atoms with Gasteiger partial charge in [0.1, 0.15) is 42.5 Å². The lowest BCUT2D eigenvalue weighted by Crippen LogP contribution is -2.62. The van der Waals surface area contributed by atoms with Gasteiger partial charge in [-0.3, -0.25) is 4.79 Å². The summed E-state index contributed by atoms with van der Waals surface area (Å²) in [4.78, 5) is 37.1. The van der Waals surface area contributed by atoms with Crippen LogP contribution in [0.15, 0.2) is 60.7 Å². The first-order valence-electron chi connectivity index (χ1n) is 12.3. The maximum absolute atomic E-state index is 12.7. The summed E-state index contributed by atoms with van der Waals surface area (Å²) < 4.78 is 21.8. The van der Waals surface area contributed by atoms with Crippen LogP contribution in [0.3, 0.4) is 0 Å². The van der Waals surface area contributed by atoms with Crippen molar-refractivity contribution in [3.05, 3.63) is 71.8 Å². The van der Waals surface area contributed by atoms with Crippen molar-refractivity contribution < 1.29 is 69.1 Å². The molecule has 0 bridgehead atoms. The highest BCUT2D eigenvalue weighted by atomic mass is 16.7. The van der Waals surface area contributed by atoms with Gasteiger partial charge in [-0.05, 0) is 42.5 Å². The van der Waals surface area contributed by atoms with Gasteiger partial charge < -0.3 is 54.7 Å². The van der Waals surface area contributed by atoms with Crippen molar-refractivity contribution in [2.24, 2.45) is 0 Å². The number of ether oxygens (including phenoxy) is 4. The number of benzene rings is 2. The summed E-state index contributed by atoms with van der Waals surface area (Å²) in [7, 11) is 0. The van der Waals surface area contributed by atoms with Crippen molar-refractivity contribution in [2.45, 2.75) is 55.1 Å². The van der Waals surface area contributed by atoms with E-state index >= 15 is 0 Å². The molecule has 220 valence electrons. The number of aliphatic hydroxyl groups is 6. The largest absolute Gasteiger partial charge is 0.508 e. The number of hydrogen-bond acceptors (Lipinski definition) is 14. The SMILES string of the molecule is O=C(OC1C(Oc2ccc(O)cc2COC(=O)C2(O)C(O)C=CC(=O)C2O)OC(CO)C(O)C1O)c1ccccc1. The number of aromatic hydroxyl groups is 1. The van der Waals surface area contributed by atoms with Gasteiger partial charge >= 0.3 is 11.9 Å². The molecule has 1 heterocycles. The molecule has 1 aliphatic heterocycles. The van der Waals surface area contributed by atoms with Crippen LogP contribution in [0.25, 0.3) is 0 Å². The molecule has 2 aromatic carbocycles. The van der Waals surface area contributed by atoms with E-state index in [0.717, 1.165) is 18.2 Å². The van der Waals surface area contributed by atoms with Gasteiger partial charge in [-0.2, -0.15) is 0 Å². The molecule has 0 amide bonds. The van der Waals surface area contributed by atoms with E-state index in [0.29, 0.717) is 0 Å². The monoisotopic (exact) mass is 576 g/mol. The van der Waals surface area contributed by atoms with E-state index in [1.165, 1.54) is 24.3 Å². The van der Waals surface area contributed by atoms with E-state index in [1.54, 1.807) is 18.2 Å². The molecular formula is C27H28O14. The van der Waals surface area contributed by atoms with Gasteiger partial charge in [-0.15, -0.1) is 0 Å². The average molecular weight is 577 g/mol. The first-order chi connectivity index (χ1) is 19.5. The van der Waals surface area contributed by atoms with Gasteiger partial charge in [0.25, 0.3) is 0 Å². The normalized spacial score (nSPS) is 31.4. The van der Waals surface area contributed by atoms with E-state index in [4.69, 9.17) is 18.9 Å². The smallest absolute Gasteiger partial charge is 0.344 e. The Bertz CT molecular complexity index is 1300. The lowest BCUT2D eigenvalue weighted by molar-refractivity contribution is -0.276. The van der Waals surface area contributed by atoms with Crippen molar-refractivity contribution >= 4 is 17.7 Å². The van der Waals surface area contributed by atoms with Crippen LogP contribution in [0.5, 0.6) is 11.5 Å². The molecular weight excluding hydrogens is 548 g/mol. The molecule has 0 saturated carbocycles. The number of ketones is 1.